The summed E-state index contributed by atoms with van der Waals surface area (Å²) in [5, 5.41) is 4.39. The third-order valence-corrected chi connectivity index (χ3v) is 7.09. The number of carbonyl (C=O) groups excluding carboxylic acids is 1. The molecule has 0 N–H and O–H groups in total. The van der Waals surface area contributed by atoms with Crippen molar-refractivity contribution in [2.24, 2.45) is 0 Å². The number of sulfone groups is 1. The fourth-order valence-electron chi connectivity index (χ4n) is 4.03. The van der Waals surface area contributed by atoms with Crippen LogP contribution in [0.25, 0.3) is 0 Å². The maximum absolute atomic E-state index is 13.1. The van der Waals surface area contributed by atoms with E-state index in [1.165, 1.54) is 12.8 Å². The summed E-state index contributed by atoms with van der Waals surface area (Å²) < 4.78 is 25.5. The maximum atomic E-state index is 13.1. The minimum atomic E-state index is -2.99. The van der Waals surface area contributed by atoms with Crippen molar-refractivity contribution in [2.45, 2.75) is 63.1 Å². The van der Waals surface area contributed by atoms with Crippen molar-refractivity contribution in [3.05, 3.63) is 18.0 Å². The lowest BCUT2D eigenvalue weighted by Gasteiger charge is -2.29. The van der Waals surface area contributed by atoms with Crippen LogP contribution in [0.15, 0.2) is 12.3 Å². The largest absolute Gasteiger partial charge is 0.330 e. The van der Waals surface area contributed by atoms with Gasteiger partial charge in [-0.15, -0.1) is 0 Å². The molecule has 6 nitrogen and oxygen atoms in total. The molecule has 1 amide bonds. The predicted octanol–water partition coefficient (Wildman–Crippen LogP) is 1.79. The number of nitrogens with zero attached hydrogens (tertiary/aromatic N) is 3. The molecule has 126 valence electrons. The maximum Gasteiger partial charge on any atom is 0.272 e. The van der Waals surface area contributed by atoms with E-state index < -0.39 is 9.84 Å². The first-order chi connectivity index (χ1) is 11.1. The van der Waals surface area contributed by atoms with E-state index in [4.69, 9.17) is 0 Å². The highest BCUT2D eigenvalue weighted by Crippen LogP contribution is 2.35. The third-order valence-electron chi connectivity index (χ3n) is 5.34. The van der Waals surface area contributed by atoms with Gasteiger partial charge in [0, 0.05) is 18.3 Å². The van der Waals surface area contributed by atoms with Gasteiger partial charge < -0.3 is 4.90 Å². The first-order valence-electron chi connectivity index (χ1n) is 8.62. The number of hydrogen-bond acceptors (Lipinski definition) is 4. The van der Waals surface area contributed by atoms with E-state index >= 15 is 0 Å². The molecule has 0 spiro atoms. The van der Waals surface area contributed by atoms with Gasteiger partial charge >= 0.3 is 0 Å². The summed E-state index contributed by atoms with van der Waals surface area (Å²) in [6, 6.07) is 2.16. The Labute approximate surface area is 136 Å². The normalized spacial score (nSPS) is 27.4. The summed E-state index contributed by atoms with van der Waals surface area (Å²) in [4.78, 5) is 15.0. The Morgan fingerprint density at radius 2 is 1.87 bits per heavy atom. The van der Waals surface area contributed by atoms with Crippen molar-refractivity contribution in [3.63, 3.8) is 0 Å². The van der Waals surface area contributed by atoms with Crippen molar-refractivity contribution in [1.29, 1.82) is 0 Å². The number of aromatic nitrogens is 2. The first kappa shape index (κ1) is 15.2. The van der Waals surface area contributed by atoms with E-state index in [2.05, 4.69) is 5.10 Å². The van der Waals surface area contributed by atoms with Crippen molar-refractivity contribution >= 4 is 15.7 Å². The topological polar surface area (TPSA) is 72.3 Å². The fourth-order valence-corrected chi connectivity index (χ4v) is 5.74. The Morgan fingerprint density at radius 1 is 1.13 bits per heavy atom. The highest BCUT2D eigenvalue weighted by molar-refractivity contribution is 7.91. The average Bonchev–Trinajstić information content (AvgIpc) is 2.96. The summed E-state index contributed by atoms with van der Waals surface area (Å²) in [5.74, 6) is 0.294. The lowest BCUT2D eigenvalue weighted by atomic mass is 10.2. The van der Waals surface area contributed by atoms with Crippen LogP contribution in [0.5, 0.6) is 0 Å². The standard InChI is InChI=1S/C16H23N3O3S/c20-16(15-7-9-17-19(15)13-3-1-2-4-13)18(12-5-6-12)14-8-10-23(21,22)11-14/h7,9,12-14H,1-6,8,10-11H2/t14-/m0/s1. The Balaban J connectivity index is 1.60. The zero-order chi connectivity index (χ0) is 16.0. The molecule has 1 aromatic heterocycles. The Bertz CT molecular complexity index is 702. The van der Waals surface area contributed by atoms with Crippen LogP contribution < -0.4 is 0 Å². The van der Waals surface area contributed by atoms with Crippen LogP contribution in [0, 0.1) is 0 Å². The highest BCUT2D eigenvalue weighted by atomic mass is 32.2. The quantitative estimate of drug-likeness (QED) is 0.840. The van der Waals surface area contributed by atoms with Gasteiger partial charge in [-0.3, -0.25) is 9.48 Å². The van der Waals surface area contributed by atoms with Crippen molar-refractivity contribution < 1.29 is 13.2 Å². The Morgan fingerprint density at radius 3 is 2.48 bits per heavy atom. The van der Waals surface area contributed by atoms with Crippen LogP contribution in [0.2, 0.25) is 0 Å². The molecule has 0 unspecified atom stereocenters. The molecule has 3 fully saturated rings. The molecule has 7 heteroatoms. The minimum absolute atomic E-state index is 0.0287. The van der Waals surface area contributed by atoms with Gasteiger partial charge in [0.25, 0.3) is 5.91 Å². The number of hydrogen-bond donors (Lipinski definition) is 0. The van der Waals surface area contributed by atoms with E-state index in [1.807, 2.05) is 9.58 Å². The summed E-state index contributed by atoms with van der Waals surface area (Å²) >= 11 is 0. The van der Waals surface area contributed by atoms with E-state index in [1.54, 1.807) is 12.3 Å². The van der Waals surface area contributed by atoms with Gasteiger partial charge in [0.15, 0.2) is 9.84 Å². The van der Waals surface area contributed by atoms with Crippen molar-refractivity contribution in [2.75, 3.05) is 11.5 Å². The summed E-state index contributed by atoms with van der Waals surface area (Å²) in [6.45, 7) is 0. The molecular formula is C16H23N3O3S. The molecular weight excluding hydrogens is 314 g/mol. The van der Waals surface area contributed by atoms with E-state index in [0.29, 0.717) is 18.2 Å². The van der Waals surface area contributed by atoms with Gasteiger partial charge in [0.1, 0.15) is 5.69 Å². The van der Waals surface area contributed by atoms with Crippen LogP contribution in [0.3, 0.4) is 0 Å². The second-order valence-electron chi connectivity index (χ2n) is 7.10. The predicted molar refractivity (Wildman–Crippen MR) is 86.0 cm³/mol. The molecule has 0 radical (unpaired) electrons. The third kappa shape index (κ3) is 2.91. The molecule has 1 saturated heterocycles. The summed E-state index contributed by atoms with van der Waals surface area (Å²) in [7, 11) is -2.99. The monoisotopic (exact) mass is 337 g/mol. The first-order valence-corrected chi connectivity index (χ1v) is 10.4. The fraction of sp³-hybridized carbons (Fsp3) is 0.750. The van der Waals surface area contributed by atoms with Crippen LogP contribution in [-0.2, 0) is 9.84 Å². The van der Waals surface area contributed by atoms with E-state index in [9.17, 15) is 13.2 Å². The van der Waals surface area contributed by atoms with Gasteiger partial charge in [-0.25, -0.2) is 8.42 Å². The second kappa shape index (κ2) is 5.61. The smallest absolute Gasteiger partial charge is 0.272 e. The molecule has 1 atom stereocenters. The van der Waals surface area contributed by atoms with Gasteiger partial charge in [-0.1, -0.05) is 12.8 Å². The van der Waals surface area contributed by atoms with Crippen molar-refractivity contribution in [1.82, 2.24) is 14.7 Å². The van der Waals surface area contributed by atoms with Gasteiger partial charge in [-0.05, 0) is 38.2 Å². The molecule has 2 aliphatic carbocycles. The van der Waals surface area contributed by atoms with Crippen LogP contribution >= 0.6 is 0 Å². The number of amides is 1. The molecule has 1 aliphatic heterocycles. The van der Waals surface area contributed by atoms with E-state index in [-0.39, 0.29) is 29.5 Å². The van der Waals surface area contributed by atoms with Crippen LogP contribution in [0.1, 0.15) is 61.5 Å². The SMILES string of the molecule is O=C(c1ccnn1C1CCCC1)N(C1CC1)[C@H]1CCS(=O)(=O)C1. The minimum Gasteiger partial charge on any atom is -0.330 e. The lowest BCUT2D eigenvalue weighted by Crippen LogP contribution is -2.43. The average molecular weight is 337 g/mol. The lowest BCUT2D eigenvalue weighted by molar-refractivity contribution is 0.0665. The molecule has 0 bridgehead atoms. The molecule has 23 heavy (non-hydrogen) atoms. The molecule has 4 rings (SSSR count). The van der Waals surface area contributed by atoms with Crippen LogP contribution in [0.4, 0.5) is 0 Å². The molecule has 2 saturated carbocycles. The zero-order valence-electron chi connectivity index (χ0n) is 13.2. The molecule has 1 aromatic rings. The molecule has 2 heterocycles. The van der Waals surface area contributed by atoms with Crippen LogP contribution in [-0.4, -0.2) is 52.6 Å². The van der Waals surface area contributed by atoms with Gasteiger partial charge in [-0.2, -0.15) is 5.10 Å². The van der Waals surface area contributed by atoms with Gasteiger partial charge in [0.2, 0.25) is 0 Å². The Kier molecular flexibility index (Phi) is 3.70. The Hall–Kier alpha value is -1.37. The van der Waals surface area contributed by atoms with E-state index in [0.717, 1.165) is 25.7 Å². The zero-order valence-corrected chi connectivity index (χ0v) is 14.0. The highest BCUT2D eigenvalue weighted by Gasteiger charge is 2.43. The number of rotatable bonds is 4. The van der Waals surface area contributed by atoms with Gasteiger partial charge in [0.05, 0.1) is 17.5 Å². The number of carbonyl (C=O) groups is 1. The molecule has 3 aliphatic rings. The summed E-state index contributed by atoms with van der Waals surface area (Å²) in [5.41, 5.74) is 0.632. The van der Waals surface area contributed by atoms with Crippen molar-refractivity contribution in [3.8, 4) is 0 Å². The second-order valence-corrected chi connectivity index (χ2v) is 9.33. The summed E-state index contributed by atoms with van der Waals surface area (Å²) in [6.07, 6.45) is 8.76. The molecule has 0 aromatic carbocycles.